The number of nitrogens with two attached hydrogens (primary N) is 1. The molecule has 1 aliphatic carbocycles. The molecule has 2 N–H and O–H groups in total. The summed E-state index contributed by atoms with van der Waals surface area (Å²) >= 11 is 5.92. The molecule has 1 aliphatic heterocycles. The van der Waals surface area contributed by atoms with Gasteiger partial charge in [-0.3, -0.25) is 4.79 Å². The van der Waals surface area contributed by atoms with Crippen LogP contribution in [0.15, 0.2) is 0 Å². The summed E-state index contributed by atoms with van der Waals surface area (Å²) in [6.45, 7) is 3.56. The van der Waals surface area contributed by atoms with Gasteiger partial charge in [0, 0.05) is 19.0 Å². The van der Waals surface area contributed by atoms with Gasteiger partial charge in [0.1, 0.15) is 0 Å². The topological polar surface area (TPSA) is 46.3 Å². The monoisotopic (exact) mass is 244 g/mol. The van der Waals surface area contributed by atoms with E-state index in [1.165, 1.54) is 19.3 Å². The van der Waals surface area contributed by atoms with Crippen LogP contribution in [0.4, 0.5) is 0 Å². The van der Waals surface area contributed by atoms with Crippen LogP contribution in [0.3, 0.4) is 0 Å². The average Bonchev–Trinajstić information content (AvgIpc) is 2.85. The van der Waals surface area contributed by atoms with Crippen LogP contribution in [0, 0.1) is 11.3 Å². The number of rotatable bonds is 2. The molecule has 0 unspecified atom stereocenters. The van der Waals surface area contributed by atoms with Crippen molar-refractivity contribution in [2.45, 2.75) is 38.6 Å². The Kier molecular flexibility index (Phi) is 3.45. The van der Waals surface area contributed by atoms with Gasteiger partial charge in [-0.25, -0.2) is 0 Å². The second kappa shape index (κ2) is 4.53. The van der Waals surface area contributed by atoms with Crippen LogP contribution in [-0.2, 0) is 4.79 Å². The number of hydrogen-bond acceptors (Lipinski definition) is 2. The van der Waals surface area contributed by atoms with E-state index in [1.54, 1.807) is 6.92 Å². The summed E-state index contributed by atoms with van der Waals surface area (Å²) in [5, 5.41) is 0. The van der Waals surface area contributed by atoms with Crippen LogP contribution < -0.4 is 5.73 Å². The average molecular weight is 245 g/mol. The van der Waals surface area contributed by atoms with Crippen molar-refractivity contribution in [1.82, 2.24) is 4.90 Å². The second-order valence-corrected chi connectivity index (χ2v) is 5.87. The number of carbonyl (C=O) groups is 1. The molecule has 0 aromatic carbocycles. The fourth-order valence-electron chi connectivity index (χ4n) is 3.24. The SMILES string of the molecule is C[C@H](N)C(=O)N1CC[C@@]2(CC[C@H](CCl)C2)C1. The Bertz CT molecular complexity index is 282. The lowest BCUT2D eigenvalue weighted by Gasteiger charge is -2.25. The van der Waals surface area contributed by atoms with Gasteiger partial charge in [0.05, 0.1) is 6.04 Å². The van der Waals surface area contributed by atoms with Crippen molar-refractivity contribution < 1.29 is 4.79 Å². The number of nitrogens with zero attached hydrogens (tertiary/aromatic N) is 1. The molecule has 0 radical (unpaired) electrons. The van der Waals surface area contributed by atoms with E-state index in [9.17, 15) is 4.79 Å². The summed E-state index contributed by atoms with van der Waals surface area (Å²) in [5.74, 6) is 1.53. The number of carbonyl (C=O) groups excluding carboxylic acids is 1. The van der Waals surface area contributed by atoms with E-state index in [2.05, 4.69) is 0 Å². The van der Waals surface area contributed by atoms with Crippen molar-refractivity contribution in [2.24, 2.45) is 17.1 Å². The van der Waals surface area contributed by atoms with E-state index in [4.69, 9.17) is 17.3 Å². The highest BCUT2D eigenvalue weighted by atomic mass is 35.5. The second-order valence-electron chi connectivity index (χ2n) is 5.56. The van der Waals surface area contributed by atoms with E-state index in [0.29, 0.717) is 11.3 Å². The molecule has 0 bridgehead atoms. The Morgan fingerprint density at radius 3 is 2.94 bits per heavy atom. The molecule has 1 heterocycles. The van der Waals surface area contributed by atoms with Gasteiger partial charge in [0.2, 0.25) is 5.91 Å². The third-order valence-electron chi connectivity index (χ3n) is 4.16. The van der Waals surface area contributed by atoms with Gasteiger partial charge in [-0.05, 0) is 43.9 Å². The van der Waals surface area contributed by atoms with Crippen molar-refractivity contribution in [3.8, 4) is 0 Å². The smallest absolute Gasteiger partial charge is 0.239 e. The summed E-state index contributed by atoms with van der Waals surface area (Å²) in [6.07, 6.45) is 4.79. The van der Waals surface area contributed by atoms with Gasteiger partial charge in [0.15, 0.2) is 0 Å². The lowest BCUT2D eigenvalue weighted by Crippen LogP contribution is -2.41. The van der Waals surface area contributed by atoms with Crippen LogP contribution >= 0.6 is 11.6 Å². The Morgan fingerprint density at radius 1 is 1.62 bits per heavy atom. The van der Waals surface area contributed by atoms with Gasteiger partial charge < -0.3 is 10.6 Å². The van der Waals surface area contributed by atoms with Crippen LogP contribution in [0.5, 0.6) is 0 Å². The summed E-state index contributed by atoms with van der Waals surface area (Å²) < 4.78 is 0. The fraction of sp³-hybridized carbons (Fsp3) is 0.917. The van der Waals surface area contributed by atoms with Gasteiger partial charge in [-0.15, -0.1) is 11.6 Å². The molecule has 0 aromatic rings. The molecule has 2 fully saturated rings. The van der Waals surface area contributed by atoms with Crippen molar-refractivity contribution in [3.05, 3.63) is 0 Å². The van der Waals surface area contributed by atoms with Crippen molar-refractivity contribution in [2.75, 3.05) is 19.0 Å². The Hall–Kier alpha value is -0.280. The Labute approximate surface area is 102 Å². The van der Waals surface area contributed by atoms with E-state index >= 15 is 0 Å². The number of likely N-dealkylation sites (tertiary alicyclic amines) is 1. The molecule has 16 heavy (non-hydrogen) atoms. The minimum Gasteiger partial charge on any atom is -0.341 e. The maximum atomic E-state index is 11.8. The number of hydrogen-bond donors (Lipinski definition) is 1. The van der Waals surface area contributed by atoms with E-state index in [0.717, 1.165) is 25.4 Å². The molecule has 92 valence electrons. The molecular weight excluding hydrogens is 224 g/mol. The molecule has 1 amide bonds. The van der Waals surface area contributed by atoms with Gasteiger partial charge in [-0.2, -0.15) is 0 Å². The third kappa shape index (κ3) is 2.21. The molecule has 3 nitrogen and oxygen atoms in total. The maximum absolute atomic E-state index is 11.8. The molecule has 1 saturated carbocycles. The Morgan fingerprint density at radius 2 is 2.38 bits per heavy atom. The highest BCUT2D eigenvalue weighted by molar-refractivity contribution is 6.18. The number of alkyl halides is 1. The summed E-state index contributed by atoms with van der Waals surface area (Å²) in [4.78, 5) is 13.8. The predicted octanol–water partition coefficient (Wildman–Crippen LogP) is 1.59. The van der Waals surface area contributed by atoms with E-state index in [-0.39, 0.29) is 11.9 Å². The lowest BCUT2D eigenvalue weighted by atomic mass is 9.85. The quantitative estimate of drug-likeness (QED) is 0.750. The van der Waals surface area contributed by atoms with E-state index < -0.39 is 0 Å². The fourth-order valence-corrected chi connectivity index (χ4v) is 3.50. The zero-order chi connectivity index (χ0) is 11.8. The first-order valence-electron chi connectivity index (χ1n) is 6.17. The molecule has 2 aliphatic rings. The molecule has 3 atom stereocenters. The first kappa shape index (κ1) is 12.2. The molecule has 4 heteroatoms. The molecule has 1 saturated heterocycles. The number of amides is 1. The maximum Gasteiger partial charge on any atom is 0.239 e. The minimum atomic E-state index is -0.361. The summed E-state index contributed by atoms with van der Waals surface area (Å²) in [6, 6.07) is -0.361. The summed E-state index contributed by atoms with van der Waals surface area (Å²) in [5.41, 5.74) is 6.01. The first-order chi connectivity index (χ1) is 7.56. The molecule has 1 spiro atoms. The first-order valence-corrected chi connectivity index (χ1v) is 6.70. The largest absolute Gasteiger partial charge is 0.341 e. The van der Waals surface area contributed by atoms with E-state index in [1.807, 2.05) is 4.90 Å². The zero-order valence-electron chi connectivity index (χ0n) is 9.92. The molecule has 2 rings (SSSR count). The molecule has 0 aromatic heterocycles. The predicted molar refractivity (Wildman–Crippen MR) is 65.3 cm³/mol. The normalized spacial score (nSPS) is 35.9. The van der Waals surface area contributed by atoms with Crippen LogP contribution in [-0.4, -0.2) is 35.8 Å². The third-order valence-corrected chi connectivity index (χ3v) is 4.60. The highest BCUT2D eigenvalue weighted by Crippen LogP contribution is 2.48. The standard InChI is InChI=1S/C12H21ClN2O/c1-9(14)11(16)15-5-4-12(8-15)3-2-10(6-12)7-13/h9-10H,2-8,14H2,1H3/t9-,10-,12+/m0/s1. The lowest BCUT2D eigenvalue weighted by molar-refractivity contribution is -0.131. The van der Waals surface area contributed by atoms with Crippen LogP contribution in [0.1, 0.15) is 32.6 Å². The van der Waals surface area contributed by atoms with Crippen molar-refractivity contribution >= 4 is 17.5 Å². The Balaban J connectivity index is 1.95. The van der Waals surface area contributed by atoms with Crippen LogP contribution in [0.2, 0.25) is 0 Å². The van der Waals surface area contributed by atoms with Crippen LogP contribution in [0.25, 0.3) is 0 Å². The van der Waals surface area contributed by atoms with Gasteiger partial charge in [-0.1, -0.05) is 0 Å². The highest BCUT2D eigenvalue weighted by Gasteiger charge is 2.45. The molecular formula is C12H21ClN2O. The minimum absolute atomic E-state index is 0.103. The number of halogens is 1. The summed E-state index contributed by atoms with van der Waals surface area (Å²) in [7, 11) is 0. The van der Waals surface area contributed by atoms with Gasteiger partial charge in [0.25, 0.3) is 0 Å². The van der Waals surface area contributed by atoms with Crippen molar-refractivity contribution in [3.63, 3.8) is 0 Å². The van der Waals surface area contributed by atoms with Gasteiger partial charge >= 0.3 is 0 Å². The van der Waals surface area contributed by atoms with Crippen molar-refractivity contribution in [1.29, 1.82) is 0 Å². The zero-order valence-corrected chi connectivity index (χ0v) is 10.7.